The molecule has 1 aromatic rings. The highest BCUT2D eigenvalue weighted by atomic mass is 16.5. The van der Waals surface area contributed by atoms with Crippen molar-refractivity contribution in [2.75, 3.05) is 19.7 Å². The molecule has 15 heavy (non-hydrogen) atoms. The lowest BCUT2D eigenvalue weighted by molar-refractivity contribution is 0.0223. The summed E-state index contributed by atoms with van der Waals surface area (Å²) in [6, 6.07) is 0. The molecule has 0 saturated carbocycles. The van der Waals surface area contributed by atoms with Crippen LogP contribution in [0.25, 0.3) is 0 Å². The van der Waals surface area contributed by atoms with E-state index >= 15 is 0 Å². The average Bonchev–Trinajstić information content (AvgIpc) is 2.67. The Hall–Kier alpha value is -0.940. The molecule has 5 heteroatoms. The van der Waals surface area contributed by atoms with Crippen LogP contribution in [0.4, 0.5) is 0 Å². The molecule has 2 rings (SSSR count). The summed E-state index contributed by atoms with van der Waals surface area (Å²) in [6.07, 6.45) is 0.0161. The molecule has 1 saturated heterocycles. The summed E-state index contributed by atoms with van der Waals surface area (Å²) in [5.41, 5.74) is -0.0170. The minimum Gasteiger partial charge on any atom is -0.368 e. The Bertz CT molecular complexity index is 322. The summed E-state index contributed by atoms with van der Waals surface area (Å²) < 4.78 is 5.59. The molecule has 0 amide bonds. The maximum Gasteiger partial charge on any atom is 0.156 e. The van der Waals surface area contributed by atoms with Crippen LogP contribution < -0.4 is 5.32 Å². The second kappa shape index (κ2) is 3.90. The summed E-state index contributed by atoms with van der Waals surface area (Å²) in [7, 11) is 0. The molecule has 0 spiro atoms. The van der Waals surface area contributed by atoms with Gasteiger partial charge in [-0.2, -0.15) is 5.10 Å². The molecule has 1 aromatic heterocycles. The smallest absolute Gasteiger partial charge is 0.156 e. The molecule has 0 radical (unpaired) electrons. The molecular formula is C10H18N4O. The van der Waals surface area contributed by atoms with E-state index in [0.717, 1.165) is 31.3 Å². The molecule has 84 valence electrons. The fraction of sp³-hybridized carbons (Fsp3) is 0.800. The summed E-state index contributed by atoms with van der Waals surface area (Å²) in [6.45, 7) is 8.74. The van der Waals surface area contributed by atoms with Crippen molar-refractivity contribution < 1.29 is 4.74 Å². The minimum atomic E-state index is -0.0170. The van der Waals surface area contributed by atoms with E-state index in [4.69, 9.17) is 4.74 Å². The monoisotopic (exact) mass is 210 g/mol. The van der Waals surface area contributed by atoms with Gasteiger partial charge in [-0.3, -0.25) is 5.10 Å². The van der Waals surface area contributed by atoms with Gasteiger partial charge in [0.25, 0.3) is 0 Å². The number of hydrogen-bond donors (Lipinski definition) is 2. The maximum atomic E-state index is 5.59. The molecule has 1 atom stereocenters. The average molecular weight is 210 g/mol. The van der Waals surface area contributed by atoms with Crippen LogP contribution in [-0.4, -0.2) is 34.9 Å². The van der Waals surface area contributed by atoms with Crippen LogP contribution in [0.5, 0.6) is 0 Å². The molecule has 2 N–H and O–H groups in total. The van der Waals surface area contributed by atoms with Gasteiger partial charge in [0.2, 0.25) is 0 Å². The second-order valence-corrected chi connectivity index (χ2v) is 4.86. The van der Waals surface area contributed by atoms with Gasteiger partial charge < -0.3 is 10.1 Å². The number of nitrogens with zero attached hydrogens (tertiary/aromatic N) is 2. The predicted molar refractivity (Wildman–Crippen MR) is 56.6 cm³/mol. The van der Waals surface area contributed by atoms with Gasteiger partial charge in [-0.1, -0.05) is 20.8 Å². The van der Waals surface area contributed by atoms with Gasteiger partial charge in [0, 0.05) is 18.5 Å². The number of ether oxygens (including phenoxy) is 1. The first-order valence-corrected chi connectivity index (χ1v) is 5.32. The van der Waals surface area contributed by atoms with Crippen LogP contribution in [0.3, 0.4) is 0 Å². The van der Waals surface area contributed by atoms with Gasteiger partial charge in [0.15, 0.2) is 11.6 Å². The topological polar surface area (TPSA) is 62.8 Å². The Morgan fingerprint density at radius 1 is 1.40 bits per heavy atom. The number of hydrogen-bond acceptors (Lipinski definition) is 4. The molecule has 0 aliphatic carbocycles. The molecule has 0 unspecified atom stereocenters. The summed E-state index contributed by atoms with van der Waals surface area (Å²) in [4.78, 5) is 4.47. The van der Waals surface area contributed by atoms with E-state index < -0.39 is 0 Å². The van der Waals surface area contributed by atoms with E-state index in [2.05, 4.69) is 41.3 Å². The van der Waals surface area contributed by atoms with Gasteiger partial charge in [0.05, 0.1) is 6.61 Å². The highest BCUT2D eigenvalue weighted by Crippen LogP contribution is 2.20. The number of aromatic amines is 1. The zero-order chi connectivity index (χ0) is 10.9. The van der Waals surface area contributed by atoms with Crippen LogP contribution in [0.1, 0.15) is 38.5 Å². The number of H-pyrrole nitrogens is 1. The van der Waals surface area contributed by atoms with Crippen LogP contribution in [0, 0.1) is 0 Å². The van der Waals surface area contributed by atoms with E-state index in [1.54, 1.807) is 0 Å². The van der Waals surface area contributed by atoms with Crippen LogP contribution in [0.2, 0.25) is 0 Å². The first-order valence-electron chi connectivity index (χ1n) is 5.32. The highest BCUT2D eigenvalue weighted by Gasteiger charge is 2.24. The number of rotatable bonds is 1. The molecule has 1 fully saturated rings. The van der Waals surface area contributed by atoms with Crippen molar-refractivity contribution in [1.29, 1.82) is 0 Å². The van der Waals surface area contributed by atoms with E-state index in [1.165, 1.54) is 0 Å². The van der Waals surface area contributed by atoms with E-state index in [-0.39, 0.29) is 11.5 Å². The first-order chi connectivity index (χ1) is 7.07. The van der Waals surface area contributed by atoms with E-state index in [0.29, 0.717) is 0 Å². The third-order valence-corrected chi connectivity index (χ3v) is 2.41. The van der Waals surface area contributed by atoms with Crippen molar-refractivity contribution in [3.8, 4) is 0 Å². The number of nitrogens with one attached hydrogen (secondary N) is 2. The second-order valence-electron chi connectivity index (χ2n) is 4.86. The van der Waals surface area contributed by atoms with Gasteiger partial charge in [0.1, 0.15) is 6.10 Å². The summed E-state index contributed by atoms with van der Waals surface area (Å²) >= 11 is 0. The zero-order valence-electron chi connectivity index (χ0n) is 9.50. The van der Waals surface area contributed by atoms with E-state index in [9.17, 15) is 0 Å². The summed E-state index contributed by atoms with van der Waals surface area (Å²) in [5, 5.41) is 10.4. The van der Waals surface area contributed by atoms with Crippen molar-refractivity contribution >= 4 is 0 Å². The van der Waals surface area contributed by atoms with Crippen molar-refractivity contribution in [2.24, 2.45) is 0 Å². The van der Waals surface area contributed by atoms with Crippen molar-refractivity contribution in [3.05, 3.63) is 11.6 Å². The van der Waals surface area contributed by atoms with Gasteiger partial charge >= 0.3 is 0 Å². The largest absolute Gasteiger partial charge is 0.368 e. The third-order valence-electron chi connectivity index (χ3n) is 2.41. The number of aromatic nitrogens is 3. The SMILES string of the molecule is CC(C)(C)c1n[nH]c([C@H]2CNCCO2)n1. The van der Waals surface area contributed by atoms with Gasteiger partial charge in [-0.15, -0.1) is 0 Å². The molecule has 0 aromatic carbocycles. The Morgan fingerprint density at radius 2 is 2.20 bits per heavy atom. The molecule has 1 aliphatic rings. The third kappa shape index (κ3) is 2.35. The molecule has 1 aliphatic heterocycles. The fourth-order valence-corrected chi connectivity index (χ4v) is 1.49. The quantitative estimate of drug-likeness (QED) is 0.718. The van der Waals surface area contributed by atoms with Crippen LogP contribution >= 0.6 is 0 Å². The lowest BCUT2D eigenvalue weighted by atomic mass is 9.96. The Labute approximate surface area is 89.6 Å². The molecule has 5 nitrogen and oxygen atoms in total. The normalized spacial score (nSPS) is 23.0. The minimum absolute atomic E-state index is 0.0161. The first kappa shape index (κ1) is 10.6. The zero-order valence-corrected chi connectivity index (χ0v) is 9.50. The van der Waals surface area contributed by atoms with Crippen molar-refractivity contribution in [2.45, 2.75) is 32.3 Å². The molecular weight excluding hydrogens is 192 g/mol. The maximum absolute atomic E-state index is 5.59. The Morgan fingerprint density at radius 3 is 2.73 bits per heavy atom. The molecule has 0 bridgehead atoms. The standard InChI is InChI=1S/C10H18N4O/c1-10(2,3)9-12-8(13-14-9)7-6-11-4-5-15-7/h7,11H,4-6H2,1-3H3,(H,12,13,14)/t7-/m1/s1. The van der Waals surface area contributed by atoms with Gasteiger partial charge in [-0.25, -0.2) is 4.98 Å². The Kier molecular flexibility index (Phi) is 2.75. The van der Waals surface area contributed by atoms with Gasteiger partial charge in [-0.05, 0) is 0 Å². The van der Waals surface area contributed by atoms with Crippen molar-refractivity contribution in [3.63, 3.8) is 0 Å². The predicted octanol–water partition coefficient (Wildman–Crippen LogP) is 0.763. The van der Waals surface area contributed by atoms with Crippen molar-refractivity contribution in [1.82, 2.24) is 20.5 Å². The molecule has 2 heterocycles. The highest BCUT2D eigenvalue weighted by molar-refractivity contribution is 5.04. The van der Waals surface area contributed by atoms with E-state index in [1.807, 2.05) is 0 Å². The number of morpholine rings is 1. The summed E-state index contributed by atoms with van der Waals surface area (Å²) in [5.74, 6) is 1.67. The Balaban J connectivity index is 2.12. The fourth-order valence-electron chi connectivity index (χ4n) is 1.49. The lowest BCUT2D eigenvalue weighted by Crippen LogP contribution is -2.33. The van der Waals surface area contributed by atoms with Crippen LogP contribution in [0.15, 0.2) is 0 Å². The lowest BCUT2D eigenvalue weighted by Gasteiger charge is -2.21. The van der Waals surface area contributed by atoms with Crippen LogP contribution in [-0.2, 0) is 10.2 Å².